The highest BCUT2D eigenvalue weighted by Gasteiger charge is 2.17. The molecular formula is C15H27N5O. The number of nitrogens with zero attached hydrogens (tertiary/aromatic N) is 4. The number of carbonyl (C=O) groups is 1. The lowest BCUT2D eigenvalue weighted by Gasteiger charge is -2.25. The molecular weight excluding hydrogens is 266 g/mol. The van der Waals surface area contributed by atoms with Crippen LogP contribution in [0.4, 0.5) is 11.6 Å². The summed E-state index contributed by atoms with van der Waals surface area (Å²) in [5, 5.41) is 0. The third kappa shape index (κ3) is 4.31. The molecule has 0 aliphatic heterocycles. The van der Waals surface area contributed by atoms with E-state index in [0.29, 0.717) is 12.4 Å². The zero-order valence-corrected chi connectivity index (χ0v) is 13.8. The normalized spacial score (nSPS) is 10.5. The molecule has 0 bridgehead atoms. The topological polar surface area (TPSA) is 75.3 Å². The van der Waals surface area contributed by atoms with Crippen molar-refractivity contribution in [3.05, 3.63) is 11.4 Å². The predicted molar refractivity (Wildman–Crippen MR) is 86.4 cm³/mol. The molecule has 1 heterocycles. The zero-order chi connectivity index (χ0) is 16.0. The van der Waals surface area contributed by atoms with Crippen molar-refractivity contribution in [2.45, 2.75) is 40.5 Å². The molecule has 2 N–H and O–H groups in total. The first-order chi connectivity index (χ1) is 9.94. The maximum absolute atomic E-state index is 12.2. The zero-order valence-electron chi connectivity index (χ0n) is 13.8. The fraction of sp³-hybridized carbons (Fsp3) is 0.667. The molecule has 6 nitrogen and oxygen atoms in total. The summed E-state index contributed by atoms with van der Waals surface area (Å²) in [6, 6.07) is 0. The van der Waals surface area contributed by atoms with E-state index in [1.807, 2.05) is 37.6 Å². The molecule has 118 valence electrons. The number of nitrogens with two attached hydrogens (primary N) is 1. The van der Waals surface area contributed by atoms with Crippen molar-refractivity contribution < 1.29 is 4.79 Å². The number of aryl methyl sites for hydroxylation is 1. The van der Waals surface area contributed by atoms with Crippen molar-refractivity contribution in [3.63, 3.8) is 0 Å². The highest BCUT2D eigenvalue weighted by Crippen LogP contribution is 2.21. The van der Waals surface area contributed by atoms with E-state index in [9.17, 15) is 4.79 Å². The van der Waals surface area contributed by atoms with E-state index in [4.69, 9.17) is 5.73 Å². The van der Waals surface area contributed by atoms with Crippen molar-refractivity contribution >= 4 is 17.5 Å². The van der Waals surface area contributed by atoms with E-state index in [0.717, 1.165) is 43.1 Å². The van der Waals surface area contributed by atoms with Gasteiger partial charge in [-0.05, 0) is 27.2 Å². The van der Waals surface area contributed by atoms with Gasteiger partial charge in [0.1, 0.15) is 17.5 Å². The number of carbonyl (C=O) groups excluding carboxylic acids is 1. The number of aromatic nitrogens is 2. The molecule has 0 saturated carbocycles. The van der Waals surface area contributed by atoms with Crippen LogP contribution in [-0.2, 0) is 11.2 Å². The van der Waals surface area contributed by atoms with Gasteiger partial charge in [0.2, 0.25) is 5.91 Å². The van der Waals surface area contributed by atoms with Crippen LogP contribution < -0.4 is 10.6 Å². The molecule has 1 aromatic heterocycles. The summed E-state index contributed by atoms with van der Waals surface area (Å²) in [5.74, 6) is 2.06. The van der Waals surface area contributed by atoms with Crippen molar-refractivity contribution in [2.24, 2.45) is 0 Å². The van der Waals surface area contributed by atoms with Gasteiger partial charge in [0.15, 0.2) is 0 Å². The highest BCUT2D eigenvalue weighted by molar-refractivity contribution is 5.81. The third-order valence-corrected chi connectivity index (χ3v) is 3.53. The Morgan fingerprint density at radius 1 is 1.19 bits per heavy atom. The van der Waals surface area contributed by atoms with Gasteiger partial charge >= 0.3 is 0 Å². The van der Waals surface area contributed by atoms with Gasteiger partial charge in [-0.15, -0.1) is 0 Å². The van der Waals surface area contributed by atoms with Crippen LogP contribution in [0.25, 0.3) is 0 Å². The monoisotopic (exact) mass is 293 g/mol. The number of amides is 1. The summed E-state index contributed by atoms with van der Waals surface area (Å²) >= 11 is 0. The van der Waals surface area contributed by atoms with Crippen LogP contribution in [0.5, 0.6) is 0 Å². The summed E-state index contributed by atoms with van der Waals surface area (Å²) in [5.41, 5.74) is 6.78. The molecule has 0 aliphatic carbocycles. The third-order valence-electron chi connectivity index (χ3n) is 3.53. The van der Waals surface area contributed by atoms with Gasteiger partial charge in [-0.25, -0.2) is 9.97 Å². The van der Waals surface area contributed by atoms with Gasteiger partial charge in [0, 0.05) is 32.1 Å². The van der Waals surface area contributed by atoms with Crippen LogP contribution in [0.15, 0.2) is 0 Å². The molecule has 0 aliphatic rings. The summed E-state index contributed by atoms with van der Waals surface area (Å²) in [6.45, 7) is 9.66. The molecule has 0 aromatic carbocycles. The number of hydrogen-bond donors (Lipinski definition) is 1. The summed E-state index contributed by atoms with van der Waals surface area (Å²) in [4.78, 5) is 24.7. The highest BCUT2D eigenvalue weighted by atomic mass is 16.2. The quantitative estimate of drug-likeness (QED) is 0.827. The van der Waals surface area contributed by atoms with Crippen LogP contribution in [0.1, 0.15) is 38.6 Å². The molecule has 0 saturated heterocycles. The molecule has 0 atom stereocenters. The van der Waals surface area contributed by atoms with Gasteiger partial charge in [0.25, 0.3) is 0 Å². The first kappa shape index (κ1) is 17.2. The summed E-state index contributed by atoms with van der Waals surface area (Å²) < 4.78 is 0. The fourth-order valence-electron chi connectivity index (χ4n) is 2.23. The van der Waals surface area contributed by atoms with E-state index in [1.165, 1.54) is 0 Å². The van der Waals surface area contributed by atoms with Crippen LogP contribution in [0.3, 0.4) is 0 Å². The largest absolute Gasteiger partial charge is 0.383 e. The molecule has 0 unspecified atom stereocenters. The second kappa shape index (κ2) is 7.81. The van der Waals surface area contributed by atoms with Gasteiger partial charge in [-0.3, -0.25) is 4.79 Å². The van der Waals surface area contributed by atoms with Crippen LogP contribution in [-0.4, -0.2) is 47.5 Å². The lowest BCUT2D eigenvalue weighted by molar-refractivity contribution is -0.129. The van der Waals surface area contributed by atoms with E-state index in [2.05, 4.69) is 16.9 Å². The average molecular weight is 293 g/mol. The van der Waals surface area contributed by atoms with E-state index < -0.39 is 0 Å². The second-order valence-corrected chi connectivity index (χ2v) is 5.15. The molecule has 0 radical (unpaired) electrons. The second-order valence-electron chi connectivity index (χ2n) is 5.15. The molecule has 0 fully saturated rings. The number of anilines is 2. The van der Waals surface area contributed by atoms with Gasteiger partial charge in [0.05, 0.1) is 6.54 Å². The minimum atomic E-state index is 0.0936. The van der Waals surface area contributed by atoms with Crippen molar-refractivity contribution in [1.82, 2.24) is 14.9 Å². The fourth-order valence-corrected chi connectivity index (χ4v) is 2.23. The average Bonchev–Trinajstić information content (AvgIpc) is 2.44. The van der Waals surface area contributed by atoms with Gasteiger partial charge < -0.3 is 15.5 Å². The van der Waals surface area contributed by atoms with E-state index in [1.54, 1.807) is 0 Å². The Kier molecular flexibility index (Phi) is 6.39. The minimum Gasteiger partial charge on any atom is -0.383 e. The number of hydrogen-bond acceptors (Lipinski definition) is 5. The van der Waals surface area contributed by atoms with Crippen molar-refractivity contribution in [3.8, 4) is 0 Å². The molecule has 1 amide bonds. The molecule has 1 aromatic rings. The Morgan fingerprint density at radius 3 is 2.33 bits per heavy atom. The molecule has 1 rings (SSSR count). The maximum atomic E-state index is 12.2. The van der Waals surface area contributed by atoms with Crippen molar-refractivity contribution in [2.75, 3.05) is 37.3 Å². The van der Waals surface area contributed by atoms with Crippen LogP contribution >= 0.6 is 0 Å². The number of nitrogen functional groups attached to an aromatic ring is 1. The smallest absolute Gasteiger partial charge is 0.242 e. The number of likely N-dealkylation sites (N-methyl/N-ethyl adjacent to an activating group) is 2. The lowest BCUT2D eigenvalue weighted by Crippen LogP contribution is -2.39. The standard InChI is InChI=1S/C15H27N5O/c1-6-9-12-17-14(16)11(4)15(18-12)19(5)10-13(21)20(7-2)8-3/h6-10H2,1-5H3,(H2,16,17,18). The van der Waals surface area contributed by atoms with Crippen molar-refractivity contribution in [1.29, 1.82) is 0 Å². The first-order valence-electron chi connectivity index (χ1n) is 7.56. The summed E-state index contributed by atoms with van der Waals surface area (Å²) in [6.07, 6.45) is 1.75. The minimum absolute atomic E-state index is 0.0936. The van der Waals surface area contributed by atoms with Gasteiger partial charge in [-0.1, -0.05) is 6.92 Å². The van der Waals surface area contributed by atoms with E-state index in [-0.39, 0.29) is 5.91 Å². The molecule has 6 heteroatoms. The molecule has 21 heavy (non-hydrogen) atoms. The van der Waals surface area contributed by atoms with Gasteiger partial charge in [-0.2, -0.15) is 0 Å². The van der Waals surface area contributed by atoms with E-state index >= 15 is 0 Å². The Balaban J connectivity index is 2.95. The van der Waals surface area contributed by atoms with Crippen LogP contribution in [0.2, 0.25) is 0 Å². The van der Waals surface area contributed by atoms with Crippen LogP contribution in [0, 0.1) is 6.92 Å². The summed E-state index contributed by atoms with van der Waals surface area (Å²) in [7, 11) is 1.87. The Bertz CT molecular complexity index is 485. The Morgan fingerprint density at radius 2 is 1.81 bits per heavy atom. The SMILES string of the molecule is CCCc1nc(N)c(C)c(N(C)CC(=O)N(CC)CC)n1. The Hall–Kier alpha value is -1.85. The maximum Gasteiger partial charge on any atom is 0.242 e. The first-order valence-corrected chi connectivity index (χ1v) is 7.56. The number of rotatable bonds is 7. The molecule has 0 spiro atoms. The Labute approximate surface area is 127 Å². The lowest BCUT2D eigenvalue weighted by atomic mass is 10.2. The predicted octanol–water partition coefficient (Wildman–Crippen LogP) is 1.62.